The van der Waals surface area contributed by atoms with Crippen molar-refractivity contribution in [2.24, 2.45) is 5.92 Å². The van der Waals surface area contributed by atoms with E-state index in [4.69, 9.17) is 9.47 Å². The van der Waals surface area contributed by atoms with Gasteiger partial charge in [-0.15, -0.1) is 0 Å². The molecule has 2 N–H and O–H groups in total. The summed E-state index contributed by atoms with van der Waals surface area (Å²) in [6.07, 6.45) is 0.855. The molecular weight excluding hydrogens is 300 g/mol. The van der Waals surface area contributed by atoms with Gasteiger partial charge in [0.15, 0.2) is 11.5 Å². The molecule has 5 heteroatoms. The first-order valence-electron chi connectivity index (χ1n) is 7.22. The molecule has 0 saturated carbocycles. The van der Waals surface area contributed by atoms with Crippen LogP contribution in [-0.2, 0) is 0 Å². The van der Waals surface area contributed by atoms with Crippen molar-refractivity contribution in [2.75, 3.05) is 13.2 Å². The Morgan fingerprint density at radius 1 is 1.05 bits per heavy atom. The summed E-state index contributed by atoms with van der Waals surface area (Å²) in [5, 5.41) is 19.9. The van der Waals surface area contributed by atoms with Crippen molar-refractivity contribution in [3.05, 3.63) is 36.4 Å². The molecule has 4 nitrogen and oxygen atoms in total. The second-order valence-electron chi connectivity index (χ2n) is 5.36. The molecule has 0 saturated heterocycles. The normalized spacial score (nSPS) is 18.1. The van der Waals surface area contributed by atoms with Crippen molar-refractivity contribution in [2.45, 2.75) is 23.1 Å². The lowest BCUT2D eigenvalue weighted by atomic mass is 10.1. The van der Waals surface area contributed by atoms with Crippen LogP contribution in [0.15, 0.2) is 46.2 Å². The van der Waals surface area contributed by atoms with Gasteiger partial charge in [-0.25, -0.2) is 0 Å². The fraction of sp³-hybridized carbons (Fsp3) is 0.294. The molecule has 0 spiro atoms. The second kappa shape index (κ2) is 6.40. The molecule has 0 aromatic heterocycles. The lowest BCUT2D eigenvalue weighted by Crippen LogP contribution is -2.12. The van der Waals surface area contributed by atoms with Gasteiger partial charge in [-0.2, -0.15) is 0 Å². The summed E-state index contributed by atoms with van der Waals surface area (Å²) in [5.74, 6) is 1.39. The van der Waals surface area contributed by atoms with Crippen molar-refractivity contribution in [1.82, 2.24) is 0 Å². The number of benzene rings is 2. The molecule has 3 rings (SSSR count). The maximum absolute atomic E-state index is 10.2. The van der Waals surface area contributed by atoms with Gasteiger partial charge in [0.2, 0.25) is 0 Å². The smallest absolute Gasteiger partial charge is 0.175 e. The third kappa shape index (κ3) is 3.09. The topological polar surface area (TPSA) is 58.9 Å². The summed E-state index contributed by atoms with van der Waals surface area (Å²) < 4.78 is 11.7. The number of phenolic OH excluding ortho intramolecular Hbond substituents is 2. The van der Waals surface area contributed by atoms with E-state index < -0.39 is 0 Å². The summed E-state index contributed by atoms with van der Waals surface area (Å²) in [6, 6.07) is 10.8. The Kier molecular flexibility index (Phi) is 4.34. The van der Waals surface area contributed by atoms with Crippen molar-refractivity contribution in [1.29, 1.82) is 0 Å². The van der Waals surface area contributed by atoms with Crippen LogP contribution in [0.2, 0.25) is 0 Å². The first kappa shape index (κ1) is 14.9. The molecule has 1 aliphatic heterocycles. The van der Waals surface area contributed by atoms with Crippen molar-refractivity contribution in [3.8, 4) is 23.0 Å². The van der Waals surface area contributed by atoms with Gasteiger partial charge in [0.1, 0.15) is 16.4 Å². The zero-order chi connectivity index (χ0) is 15.5. The van der Waals surface area contributed by atoms with Crippen molar-refractivity contribution < 1.29 is 19.7 Å². The lowest BCUT2D eigenvalue weighted by Gasteiger charge is -2.14. The van der Waals surface area contributed by atoms with Gasteiger partial charge in [0.25, 0.3) is 0 Å². The van der Waals surface area contributed by atoms with Gasteiger partial charge >= 0.3 is 0 Å². The van der Waals surface area contributed by atoms with Crippen LogP contribution < -0.4 is 9.47 Å². The Bertz CT molecular complexity index is 672. The summed E-state index contributed by atoms with van der Waals surface area (Å²) in [6.45, 7) is 3.28. The zero-order valence-electron chi connectivity index (χ0n) is 12.3. The average Bonchev–Trinajstić information content (AvgIpc) is 2.55. The predicted octanol–water partition coefficient (Wildman–Crippen LogP) is 4.05. The van der Waals surface area contributed by atoms with Crippen molar-refractivity contribution in [3.63, 3.8) is 0 Å². The maximum Gasteiger partial charge on any atom is 0.175 e. The highest BCUT2D eigenvalue weighted by atomic mass is 32.2. The quantitative estimate of drug-likeness (QED) is 0.718. The second-order valence-corrected chi connectivity index (χ2v) is 6.41. The van der Waals surface area contributed by atoms with Crippen LogP contribution >= 0.6 is 11.8 Å². The molecule has 2 aromatic rings. The summed E-state index contributed by atoms with van der Waals surface area (Å²) >= 11 is 1.33. The maximum atomic E-state index is 10.2. The Morgan fingerprint density at radius 3 is 2.73 bits per heavy atom. The van der Waals surface area contributed by atoms with E-state index in [-0.39, 0.29) is 11.5 Å². The van der Waals surface area contributed by atoms with Crippen LogP contribution in [0.1, 0.15) is 13.3 Å². The van der Waals surface area contributed by atoms with E-state index in [0.29, 0.717) is 29.8 Å². The number of phenols is 2. The van der Waals surface area contributed by atoms with Gasteiger partial charge in [0, 0.05) is 0 Å². The number of hydrogen-bond donors (Lipinski definition) is 2. The van der Waals surface area contributed by atoms with E-state index in [0.717, 1.165) is 17.1 Å². The molecule has 1 heterocycles. The average molecular weight is 318 g/mol. The van der Waals surface area contributed by atoms with E-state index in [1.165, 1.54) is 17.8 Å². The minimum atomic E-state index is -0.162. The first-order valence-corrected chi connectivity index (χ1v) is 8.04. The molecule has 0 fully saturated rings. The van der Waals surface area contributed by atoms with Crippen LogP contribution in [0.4, 0.5) is 0 Å². The van der Waals surface area contributed by atoms with Crippen LogP contribution in [0.25, 0.3) is 0 Å². The first-order chi connectivity index (χ1) is 10.6. The minimum absolute atomic E-state index is 0.156. The van der Waals surface area contributed by atoms with Crippen LogP contribution in [0, 0.1) is 5.92 Å². The highest BCUT2D eigenvalue weighted by Crippen LogP contribution is 2.48. The summed E-state index contributed by atoms with van der Waals surface area (Å²) in [4.78, 5) is 1.38. The predicted molar refractivity (Wildman–Crippen MR) is 85.1 cm³/mol. The number of rotatable bonds is 0. The lowest BCUT2D eigenvalue weighted by molar-refractivity contribution is 0.213. The standard InChI is InChI=1S/C17H18O4S/c1-11-8-9-20-14-7-6-12(18)16(19)17(14)22-15-5-3-2-4-13(15)21-10-11/h2-7,11,18-19H,8-10H2,1H3. The Balaban J connectivity index is 2.06. The van der Waals surface area contributed by atoms with E-state index in [2.05, 4.69) is 6.92 Å². The van der Waals surface area contributed by atoms with Gasteiger partial charge in [-0.1, -0.05) is 30.8 Å². The van der Waals surface area contributed by atoms with Crippen LogP contribution in [0.5, 0.6) is 23.0 Å². The third-order valence-corrected chi connectivity index (χ3v) is 4.68. The Labute approximate surface area is 133 Å². The molecule has 0 amide bonds. The molecule has 0 bridgehead atoms. The van der Waals surface area contributed by atoms with E-state index in [9.17, 15) is 10.2 Å². The number of ether oxygens (including phenoxy) is 2. The van der Waals surface area contributed by atoms with E-state index in [1.807, 2.05) is 24.3 Å². The fourth-order valence-corrected chi connectivity index (χ4v) is 3.23. The Morgan fingerprint density at radius 2 is 1.86 bits per heavy atom. The van der Waals surface area contributed by atoms with Crippen LogP contribution in [0.3, 0.4) is 0 Å². The molecule has 22 heavy (non-hydrogen) atoms. The largest absolute Gasteiger partial charge is 0.504 e. The molecule has 1 unspecified atom stereocenters. The van der Waals surface area contributed by atoms with Gasteiger partial charge in [-0.05, 0) is 36.6 Å². The van der Waals surface area contributed by atoms with Crippen molar-refractivity contribution >= 4 is 11.8 Å². The fourth-order valence-electron chi connectivity index (χ4n) is 2.20. The number of para-hydroxylation sites is 1. The molecule has 1 aliphatic rings. The Hall–Kier alpha value is -2.01. The van der Waals surface area contributed by atoms with Gasteiger partial charge < -0.3 is 19.7 Å². The van der Waals surface area contributed by atoms with Crippen LogP contribution in [-0.4, -0.2) is 23.4 Å². The third-order valence-electron chi connectivity index (χ3n) is 3.53. The molecule has 0 aliphatic carbocycles. The van der Waals surface area contributed by atoms with E-state index in [1.54, 1.807) is 6.07 Å². The highest BCUT2D eigenvalue weighted by Gasteiger charge is 2.19. The summed E-state index contributed by atoms with van der Waals surface area (Å²) in [5.41, 5.74) is 0. The van der Waals surface area contributed by atoms with Gasteiger partial charge in [-0.3, -0.25) is 0 Å². The molecule has 2 aromatic carbocycles. The highest BCUT2D eigenvalue weighted by molar-refractivity contribution is 7.99. The molecule has 116 valence electrons. The molecule has 0 radical (unpaired) electrons. The van der Waals surface area contributed by atoms with E-state index >= 15 is 0 Å². The molecule has 1 atom stereocenters. The number of aromatic hydroxyl groups is 2. The number of hydrogen-bond acceptors (Lipinski definition) is 5. The SMILES string of the molecule is CC1CCOc2ccc(O)c(O)c2Sc2ccccc2OC1. The molecular formula is C17H18O4S. The number of fused-ring (bicyclic) bond motifs is 2. The van der Waals surface area contributed by atoms with Gasteiger partial charge in [0.05, 0.1) is 18.1 Å². The monoisotopic (exact) mass is 318 g/mol. The summed E-state index contributed by atoms with van der Waals surface area (Å²) in [7, 11) is 0. The zero-order valence-corrected chi connectivity index (χ0v) is 13.1. The minimum Gasteiger partial charge on any atom is -0.504 e.